The molecule has 2 rings (SSSR count). The molecule has 0 saturated carbocycles. The summed E-state index contributed by atoms with van der Waals surface area (Å²) in [5.41, 5.74) is 1.39. The van der Waals surface area contributed by atoms with Gasteiger partial charge in [0.05, 0.1) is 12.0 Å². The number of nitrogens with zero attached hydrogens (tertiary/aromatic N) is 3. The molecule has 0 aliphatic carbocycles. The summed E-state index contributed by atoms with van der Waals surface area (Å²) in [6.07, 6.45) is 2.74. The molecule has 2 amide bonds. The zero-order valence-electron chi connectivity index (χ0n) is 18.8. The highest BCUT2D eigenvalue weighted by molar-refractivity contribution is 6.19. The quantitative estimate of drug-likeness (QED) is 0.522. The molecule has 0 bridgehead atoms. The third kappa shape index (κ3) is 6.11. The number of aromatic nitrogens is 1. The lowest BCUT2D eigenvalue weighted by molar-refractivity contribution is -0.148. The molecule has 164 valence electrons. The average Bonchev–Trinajstić information content (AvgIpc) is 3.15. The van der Waals surface area contributed by atoms with Crippen LogP contribution in [-0.2, 0) is 29.7 Å². The minimum atomic E-state index is -0.715. The summed E-state index contributed by atoms with van der Waals surface area (Å²) >= 11 is 6.05. The van der Waals surface area contributed by atoms with Crippen molar-refractivity contribution >= 4 is 23.4 Å². The SMILES string of the molecule is CC[C@@H](C)N(CC(=O)N(Cc1ccccc1)Cc1cccn1C)C(=O)C(C)(C)CCl. The Morgan fingerprint density at radius 3 is 2.30 bits per heavy atom. The number of carbonyl (C=O) groups excluding carboxylic acids is 2. The molecule has 0 unspecified atom stereocenters. The van der Waals surface area contributed by atoms with Crippen molar-refractivity contribution in [3.05, 3.63) is 59.9 Å². The molecule has 1 heterocycles. The lowest BCUT2D eigenvalue weighted by atomic mass is 9.93. The molecule has 1 aromatic heterocycles. The van der Waals surface area contributed by atoms with Crippen molar-refractivity contribution in [2.45, 2.75) is 53.2 Å². The van der Waals surface area contributed by atoms with E-state index in [0.29, 0.717) is 13.1 Å². The van der Waals surface area contributed by atoms with Crippen LogP contribution in [0.1, 0.15) is 45.4 Å². The van der Waals surface area contributed by atoms with Crippen molar-refractivity contribution in [2.24, 2.45) is 12.5 Å². The van der Waals surface area contributed by atoms with E-state index in [1.165, 1.54) is 0 Å². The molecule has 1 aromatic carbocycles. The lowest BCUT2D eigenvalue weighted by Crippen LogP contribution is -2.51. The van der Waals surface area contributed by atoms with E-state index in [0.717, 1.165) is 17.7 Å². The number of aryl methyl sites for hydroxylation is 1. The number of halogens is 1. The van der Waals surface area contributed by atoms with Crippen LogP contribution in [0.15, 0.2) is 48.7 Å². The van der Waals surface area contributed by atoms with Crippen molar-refractivity contribution < 1.29 is 9.59 Å². The summed E-state index contributed by atoms with van der Waals surface area (Å²) in [6.45, 7) is 8.68. The van der Waals surface area contributed by atoms with Crippen LogP contribution >= 0.6 is 11.6 Å². The van der Waals surface area contributed by atoms with Crippen LogP contribution in [0.4, 0.5) is 0 Å². The normalized spacial score (nSPS) is 12.5. The molecule has 30 heavy (non-hydrogen) atoms. The molecular weight excluding hydrogens is 398 g/mol. The maximum absolute atomic E-state index is 13.4. The Balaban J connectivity index is 2.27. The first kappa shape index (κ1) is 24.0. The second-order valence-corrected chi connectivity index (χ2v) is 8.82. The van der Waals surface area contributed by atoms with E-state index in [1.807, 2.05) is 92.9 Å². The minimum Gasteiger partial charge on any atom is -0.353 e. The molecule has 0 N–H and O–H groups in total. The predicted molar refractivity (Wildman–Crippen MR) is 122 cm³/mol. The van der Waals surface area contributed by atoms with Gasteiger partial charge in [-0.15, -0.1) is 11.6 Å². The summed E-state index contributed by atoms with van der Waals surface area (Å²) in [5, 5.41) is 0. The molecule has 0 spiro atoms. The van der Waals surface area contributed by atoms with Gasteiger partial charge >= 0.3 is 0 Å². The Morgan fingerprint density at radius 1 is 1.10 bits per heavy atom. The fourth-order valence-electron chi connectivity index (χ4n) is 3.23. The predicted octanol–water partition coefficient (Wildman–Crippen LogP) is 4.45. The minimum absolute atomic E-state index is 0.0439. The Bertz CT molecular complexity index is 832. The number of rotatable bonds is 10. The molecular formula is C24H34ClN3O2. The van der Waals surface area contributed by atoms with Gasteiger partial charge in [0.2, 0.25) is 11.8 Å². The van der Waals surface area contributed by atoms with Crippen LogP contribution in [0.25, 0.3) is 0 Å². The van der Waals surface area contributed by atoms with Crippen molar-refractivity contribution in [2.75, 3.05) is 12.4 Å². The van der Waals surface area contributed by atoms with Crippen LogP contribution in [0, 0.1) is 5.41 Å². The highest BCUT2D eigenvalue weighted by atomic mass is 35.5. The van der Waals surface area contributed by atoms with E-state index >= 15 is 0 Å². The number of hydrogen-bond acceptors (Lipinski definition) is 2. The van der Waals surface area contributed by atoms with E-state index in [1.54, 1.807) is 4.90 Å². The summed E-state index contributed by atoms with van der Waals surface area (Å²) < 4.78 is 2.01. The van der Waals surface area contributed by atoms with E-state index < -0.39 is 5.41 Å². The van der Waals surface area contributed by atoms with Crippen LogP contribution < -0.4 is 0 Å². The number of amides is 2. The first-order chi connectivity index (χ1) is 14.2. The Labute approximate surface area is 185 Å². The van der Waals surface area contributed by atoms with Gasteiger partial charge in [0.1, 0.15) is 6.54 Å². The molecule has 0 aliphatic rings. The average molecular weight is 432 g/mol. The molecule has 6 heteroatoms. The highest BCUT2D eigenvalue weighted by Crippen LogP contribution is 2.23. The molecule has 1 atom stereocenters. The van der Waals surface area contributed by atoms with Gasteiger partial charge in [-0.25, -0.2) is 0 Å². The van der Waals surface area contributed by atoms with Crippen LogP contribution in [0.5, 0.6) is 0 Å². The van der Waals surface area contributed by atoms with Crippen molar-refractivity contribution in [3.8, 4) is 0 Å². The number of carbonyl (C=O) groups is 2. The van der Waals surface area contributed by atoms with E-state index in [-0.39, 0.29) is 30.3 Å². The summed E-state index contributed by atoms with van der Waals surface area (Å²) in [4.78, 5) is 30.1. The second kappa shape index (κ2) is 10.7. The summed E-state index contributed by atoms with van der Waals surface area (Å²) in [7, 11) is 1.97. The second-order valence-electron chi connectivity index (χ2n) is 8.55. The maximum atomic E-state index is 13.4. The van der Waals surface area contributed by atoms with E-state index in [4.69, 9.17) is 11.6 Å². The number of hydrogen-bond donors (Lipinski definition) is 0. The Hall–Kier alpha value is -2.27. The largest absolute Gasteiger partial charge is 0.353 e. The van der Waals surface area contributed by atoms with Gasteiger partial charge in [-0.05, 0) is 44.9 Å². The van der Waals surface area contributed by atoms with E-state index in [9.17, 15) is 9.59 Å². The summed E-state index contributed by atoms with van der Waals surface area (Å²) in [5.74, 6) is 0.0575. The first-order valence-corrected chi connectivity index (χ1v) is 11.0. The topological polar surface area (TPSA) is 45.6 Å². The van der Waals surface area contributed by atoms with Gasteiger partial charge in [-0.2, -0.15) is 0 Å². The molecule has 5 nitrogen and oxygen atoms in total. The van der Waals surface area contributed by atoms with Gasteiger partial charge in [-0.1, -0.05) is 37.3 Å². The third-order valence-corrected chi connectivity index (χ3v) is 6.24. The van der Waals surface area contributed by atoms with Gasteiger partial charge in [-0.3, -0.25) is 9.59 Å². The van der Waals surface area contributed by atoms with Gasteiger partial charge in [0.15, 0.2) is 0 Å². The smallest absolute Gasteiger partial charge is 0.242 e. The van der Waals surface area contributed by atoms with Crippen LogP contribution in [0.3, 0.4) is 0 Å². The molecule has 0 aliphatic heterocycles. The first-order valence-electron chi connectivity index (χ1n) is 10.5. The highest BCUT2D eigenvalue weighted by Gasteiger charge is 2.35. The van der Waals surface area contributed by atoms with Crippen molar-refractivity contribution in [3.63, 3.8) is 0 Å². The standard InChI is InChI=1S/C24H34ClN3O2/c1-6-19(2)28(23(30)24(3,4)18-25)17-22(29)27(15-20-11-8-7-9-12-20)16-21-13-10-14-26(21)5/h7-14,19H,6,15-18H2,1-5H3/t19-/m1/s1. The lowest BCUT2D eigenvalue weighted by Gasteiger charge is -2.36. The van der Waals surface area contributed by atoms with Crippen LogP contribution in [0.2, 0.25) is 0 Å². The Morgan fingerprint density at radius 2 is 1.77 bits per heavy atom. The number of alkyl halides is 1. The molecule has 0 radical (unpaired) electrons. The zero-order valence-corrected chi connectivity index (χ0v) is 19.5. The maximum Gasteiger partial charge on any atom is 0.242 e. The third-order valence-electron chi connectivity index (χ3n) is 5.58. The zero-order chi connectivity index (χ0) is 22.3. The fraction of sp³-hybridized carbons (Fsp3) is 0.500. The fourth-order valence-corrected chi connectivity index (χ4v) is 3.35. The molecule has 0 fully saturated rings. The van der Waals surface area contributed by atoms with Gasteiger partial charge in [0, 0.05) is 37.4 Å². The van der Waals surface area contributed by atoms with Crippen molar-refractivity contribution in [1.82, 2.24) is 14.4 Å². The van der Waals surface area contributed by atoms with E-state index in [2.05, 4.69) is 0 Å². The number of benzene rings is 1. The monoisotopic (exact) mass is 431 g/mol. The van der Waals surface area contributed by atoms with Crippen LogP contribution in [-0.4, -0.2) is 44.6 Å². The Kier molecular flexibility index (Phi) is 8.54. The van der Waals surface area contributed by atoms with Crippen molar-refractivity contribution in [1.29, 1.82) is 0 Å². The molecule has 0 saturated heterocycles. The summed E-state index contributed by atoms with van der Waals surface area (Å²) in [6, 6.07) is 13.9. The van der Waals surface area contributed by atoms with Gasteiger partial charge < -0.3 is 14.4 Å². The van der Waals surface area contributed by atoms with Gasteiger partial charge in [0.25, 0.3) is 0 Å². The molecule has 2 aromatic rings.